The SMILES string of the molecule is C=CCCCCCOc1ccc(CCC(N)(CO)CO)cc1C(F)(F)F.Cl. The zero-order chi connectivity index (χ0) is 19.6. The van der Waals surface area contributed by atoms with Gasteiger partial charge in [-0.2, -0.15) is 13.2 Å². The van der Waals surface area contributed by atoms with Gasteiger partial charge in [-0.3, -0.25) is 0 Å². The minimum Gasteiger partial charge on any atom is -0.493 e. The van der Waals surface area contributed by atoms with Crippen LogP contribution in [0.2, 0.25) is 0 Å². The Morgan fingerprint density at radius 3 is 2.33 bits per heavy atom. The molecular formula is C19H29ClF3NO3. The Balaban J connectivity index is 0.00000676. The second kappa shape index (κ2) is 12.2. The number of rotatable bonds is 12. The fourth-order valence-corrected chi connectivity index (χ4v) is 2.43. The van der Waals surface area contributed by atoms with E-state index in [1.807, 2.05) is 6.08 Å². The third-order valence-electron chi connectivity index (χ3n) is 4.20. The predicted octanol–water partition coefficient (Wildman–Crippen LogP) is 3.87. The Bertz CT molecular complexity index is 564. The summed E-state index contributed by atoms with van der Waals surface area (Å²) in [5, 5.41) is 18.4. The molecule has 0 unspecified atom stereocenters. The maximum atomic E-state index is 13.3. The van der Waals surface area contributed by atoms with Gasteiger partial charge < -0.3 is 20.7 Å². The van der Waals surface area contributed by atoms with Gasteiger partial charge in [0.1, 0.15) is 5.75 Å². The second-order valence-corrected chi connectivity index (χ2v) is 6.49. The van der Waals surface area contributed by atoms with Crippen LogP contribution in [-0.4, -0.2) is 35.6 Å². The third-order valence-corrected chi connectivity index (χ3v) is 4.20. The summed E-state index contributed by atoms with van der Waals surface area (Å²) in [6.45, 7) is 2.96. The van der Waals surface area contributed by atoms with Crippen LogP contribution in [0, 0.1) is 0 Å². The van der Waals surface area contributed by atoms with Gasteiger partial charge in [0.05, 0.1) is 30.9 Å². The lowest BCUT2D eigenvalue weighted by Gasteiger charge is -2.24. The van der Waals surface area contributed by atoms with E-state index >= 15 is 0 Å². The molecule has 0 heterocycles. The largest absolute Gasteiger partial charge is 0.493 e. The first-order chi connectivity index (χ1) is 12.3. The number of halogens is 4. The van der Waals surface area contributed by atoms with Crippen LogP contribution in [0.25, 0.3) is 0 Å². The lowest BCUT2D eigenvalue weighted by Crippen LogP contribution is -2.47. The molecule has 0 radical (unpaired) electrons. The third kappa shape index (κ3) is 8.97. The number of aryl methyl sites for hydroxylation is 1. The van der Waals surface area contributed by atoms with Crippen molar-refractivity contribution in [3.05, 3.63) is 42.0 Å². The summed E-state index contributed by atoms with van der Waals surface area (Å²) in [4.78, 5) is 0. The maximum Gasteiger partial charge on any atom is 0.419 e. The molecule has 156 valence electrons. The molecule has 8 heteroatoms. The molecule has 4 nitrogen and oxygen atoms in total. The van der Waals surface area contributed by atoms with Crippen LogP contribution in [0.4, 0.5) is 13.2 Å². The molecular weight excluding hydrogens is 383 g/mol. The average Bonchev–Trinajstić information content (AvgIpc) is 2.62. The number of unbranched alkanes of at least 4 members (excludes halogenated alkanes) is 3. The van der Waals surface area contributed by atoms with E-state index in [0.717, 1.165) is 25.3 Å². The van der Waals surface area contributed by atoms with E-state index < -0.39 is 30.5 Å². The van der Waals surface area contributed by atoms with E-state index in [1.54, 1.807) is 6.07 Å². The first kappa shape index (κ1) is 25.7. The summed E-state index contributed by atoms with van der Waals surface area (Å²) in [5.74, 6) is -0.187. The van der Waals surface area contributed by atoms with E-state index in [0.29, 0.717) is 12.0 Å². The van der Waals surface area contributed by atoms with E-state index in [-0.39, 0.29) is 37.6 Å². The summed E-state index contributed by atoms with van der Waals surface area (Å²) in [6, 6.07) is 3.91. The molecule has 0 fully saturated rings. The highest BCUT2D eigenvalue weighted by Crippen LogP contribution is 2.37. The lowest BCUT2D eigenvalue weighted by atomic mass is 9.93. The van der Waals surface area contributed by atoms with Gasteiger partial charge in [0.2, 0.25) is 0 Å². The van der Waals surface area contributed by atoms with E-state index in [4.69, 9.17) is 10.5 Å². The van der Waals surface area contributed by atoms with Gasteiger partial charge in [-0.1, -0.05) is 12.1 Å². The summed E-state index contributed by atoms with van der Waals surface area (Å²) >= 11 is 0. The molecule has 0 saturated heterocycles. The summed E-state index contributed by atoms with van der Waals surface area (Å²) in [7, 11) is 0. The number of alkyl halides is 3. The molecule has 1 rings (SSSR count). The first-order valence-electron chi connectivity index (χ1n) is 8.70. The highest BCUT2D eigenvalue weighted by atomic mass is 35.5. The molecule has 0 atom stereocenters. The van der Waals surface area contributed by atoms with Gasteiger partial charge >= 0.3 is 6.18 Å². The normalized spacial score (nSPS) is 11.8. The molecule has 4 N–H and O–H groups in total. The minimum atomic E-state index is -4.53. The molecule has 0 bridgehead atoms. The van der Waals surface area contributed by atoms with Crippen molar-refractivity contribution in [2.75, 3.05) is 19.8 Å². The van der Waals surface area contributed by atoms with Gasteiger partial charge in [-0.05, 0) is 56.2 Å². The lowest BCUT2D eigenvalue weighted by molar-refractivity contribution is -0.139. The van der Waals surface area contributed by atoms with Crippen LogP contribution in [0.5, 0.6) is 5.75 Å². The van der Waals surface area contributed by atoms with Crippen LogP contribution in [0.1, 0.15) is 43.2 Å². The van der Waals surface area contributed by atoms with Crippen LogP contribution >= 0.6 is 12.4 Å². The Kier molecular flexibility index (Phi) is 11.7. The number of aliphatic hydroxyl groups excluding tert-OH is 2. The molecule has 0 spiro atoms. The Hall–Kier alpha value is -1.28. The quantitative estimate of drug-likeness (QED) is 0.360. The molecule has 0 aromatic heterocycles. The van der Waals surface area contributed by atoms with Gasteiger partial charge in [0.25, 0.3) is 0 Å². The van der Waals surface area contributed by atoms with Crippen LogP contribution < -0.4 is 10.5 Å². The number of aliphatic hydroxyl groups is 2. The number of nitrogens with two attached hydrogens (primary N) is 1. The zero-order valence-electron chi connectivity index (χ0n) is 15.3. The molecule has 1 aromatic rings. The van der Waals surface area contributed by atoms with Gasteiger partial charge in [-0.15, -0.1) is 19.0 Å². The smallest absolute Gasteiger partial charge is 0.419 e. The Morgan fingerprint density at radius 1 is 1.11 bits per heavy atom. The number of hydrogen-bond donors (Lipinski definition) is 3. The van der Waals surface area contributed by atoms with Crippen LogP contribution in [0.15, 0.2) is 30.9 Å². The zero-order valence-corrected chi connectivity index (χ0v) is 16.1. The molecule has 0 aliphatic rings. The van der Waals surface area contributed by atoms with Crippen LogP contribution in [0.3, 0.4) is 0 Å². The van der Waals surface area contributed by atoms with Gasteiger partial charge in [-0.25, -0.2) is 0 Å². The Morgan fingerprint density at radius 2 is 1.78 bits per heavy atom. The van der Waals surface area contributed by atoms with Crippen molar-refractivity contribution in [2.24, 2.45) is 5.73 Å². The molecule has 0 aliphatic heterocycles. The minimum absolute atomic E-state index is 0. The van der Waals surface area contributed by atoms with Crippen molar-refractivity contribution in [3.63, 3.8) is 0 Å². The highest BCUT2D eigenvalue weighted by Gasteiger charge is 2.35. The van der Waals surface area contributed by atoms with E-state index in [2.05, 4.69) is 6.58 Å². The van der Waals surface area contributed by atoms with Crippen molar-refractivity contribution < 1.29 is 28.1 Å². The molecule has 0 aliphatic carbocycles. The summed E-state index contributed by atoms with van der Waals surface area (Å²) < 4.78 is 45.3. The Labute approximate surface area is 164 Å². The van der Waals surface area contributed by atoms with Crippen molar-refractivity contribution in [3.8, 4) is 5.75 Å². The van der Waals surface area contributed by atoms with Crippen molar-refractivity contribution in [1.82, 2.24) is 0 Å². The first-order valence-corrected chi connectivity index (χ1v) is 8.70. The monoisotopic (exact) mass is 411 g/mol. The highest BCUT2D eigenvalue weighted by molar-refractivity contribution is 5.85. The van der Waals surface area contributed by atoms with Gasteiger partial charge in [0, 0.05) is 0 Å². The number of hydrogen-bond acceptors (Lipinski definition) is 4. The molecule has 27 heavy (non-hydrogen) atoms. The number of benzene rings is 1. The van der Waals surface area contributed by atoms with Crippen LogP contribution in [-0.2, 0) is 12.6 Å². The fraction of sp³-hybridized carbons (Fsp3) is 0.579. The average molecular weight is 412 g/mol. The number of ether oxygens (including phenoxy) is 1. The van der Waals surface area contributed by atoms with Crippen molar-refractivity contribution in [2.45, 2.75) is 50.2 Å². The topological polar surface area (TPSA) is 75.7 Å². The second-order valence-electron chi connectivity index (χ2n) is 6.49. The maximum absolute atomic E-state index is 13.3. The number of allylic oxidation sites excluding steroid dienone is 1. The summed E-state index contributed by atoms with van der Waals surface area (Å²) in [5.41, 5.74) is 4.15. The predicted molar refractivity (Wildman–Crippen MR) is 102 cm³/mol. The van der Waals surface area contributed by atoms with E-state index in [9.17, 15) is 23.4 Å². The molecule has 0 amide bonds. The van der Waals surface area contributed by atoms with Gasteiger partial charge in [0.15, 0.2) is 0 Å². The van der Waals surface area contributed by atoms with Crippen molar-refractivity contribution in [1.29, 1.82) is 0 Å². The fourth-order valence-electron chi connectivity index (χ4n) is 2.43. The molecule has 1 aromatic carbocycles. The van der Waals surface area contributed by atoms with E-state index in [1.165, 1.54) is 6.07 Å². The summed E-state index contributed by atoms with van der Waals surface area (Å²) in [6.07, 6.45) is 1.03. The van der Waals surface area contributed by atoms with Crippen molar-refractivity contribution >= 4 is 12.4 Å². The standard InChI is InChI=1S/C19H28F3NO3.ClH/c1-2-3-4-5-6-11-26-17-8-7-15(12-16(17)19(20,21)22)9-10-18(23,13-24)14-25;/h2,7-8,12,24-25H,1,3-6,9-11,13-14,23H2;1H. The molecule has 0 saturated carbocycles.